The largest absolute Gasteiger partial charge is 0.481 e. The van der Waals surface area contributed by atoms with Crippen LogP contribution in [0.25, 0.3) is 33.5 Å². The molecule has 4 heterocycles. The van der Waals surface area contributed by atoms with Gasteiger partial charge in [-0.2, -0.15) is 0 Å². The average molecular weight is 370 g/mol. The van der Waals surface area contributed by atoms with Gasteiger partial charge in [-0.05, 0) is 26.0 Å². The fraction of sp³-hybridized carbons (Fsp3) is 0.222. The van der Waals surface area contributed by atoms with E-state index in [0.717, 1.165) is 16.6 Å². The van der Waals surface area contributed by atoms with Crippen LogP contribution < -0.4 is 0 Å². The van der Waals surface area contributed by atoms with Gasteiger partial charge in [0.15, 0.2) is 5.82 Å². The molecule has 2 N–H and O–H groups in total. The number of halogens is 1. The van der Waals surface area contributed by atoms with Gasteiger partial charge >= 0.3 is 5.97 Å². The minimum Gasteiger partial charge on any atom is -0.481 e. The van der Waals surface area contributed by atoms with E-state index < -0.39 is 11.9 Å². The zero-order valence-electron chi connectivity index (χ0n) is 14.1. The molecule has 8 heteroatoms. The average Bonchev–Trinajstić information content (AvgIpc) is 3.21. The molecule has 0 radical (unpaired) electrons. The molecule has 0 aromatic carbocycles. The molecule has 4 rings (SSSR count). The van der Waals surface area contributed by atoms with Crippen LogP contribution in [0.5, 0.6) is 0 Å². The number of H-pyrrole nitrogens is 1. The Balaban J connectivity index is 1.89. The van der Waals surface area contributed by atoms with Gasteiger partial charge in [-0.25, -0.2) is 15.0 Å². The van der Waals surface area contributed by atoms with Gasteiger partial charge in [0, 0.05) is 41.8 Å². The molecular formula is C18H16ClN5O2. The summed E-state index contributed by atoms with van der Waals surface area (Å²) in [6.07, 6.45) is 6.92. The molecule has 0 saturated heterocycles. The Morgan fingerprint density at radius 2 is 2.12 bits per heavy atom. The van der Waals surface area contributed by atoms with E-state index in [-0.39, 0.29) is 6.04 Å². The normalized spacial score (nSPS) is 14.0. The van der Waals surface area contributed by atoms with Gasteiger partial charge in [0.05, 0.1) is 16.3 Å². The van der Waals surface area contributed by atoms with E-state index >= 15 is 0 Å². The maximum absolute atomic E-state index is 11.4. The fourth-order valence-electron chi connectivity index (χ4n) is 3.02. The summed E-state index contributed by atoms with van der Waals surface area (Å²) in [5, 5.41) is 11.4. The predicted octanol–water partition coefficient (Wildman–Crippen LogP) is 3.91. The summed E-state index contributed by atoms with van der Waals surface area (Å²) in [7, 11) is 0. The van der Waals surface area contributed by atoms with Crippen LogP contribution in [0.15, 0.2) is 36.9 Å². The highest BCUT2D eigenvalue weighted by molar-refractivity contribution is 6.35. The summed E-state index contributed by atoms with van der Waals surface area (Å²) < 4.78 is 1.80. The lowest BCUT2D eigenvalue weighted by atomic mass is 10.0. The van der Waals surface area contributed by atoms with E-state index in [4.69, 9.17) is 11.6 Å². The number of carbonyl (C=O) groups is 1. The van der Waals surface area contributed by atoms with Crippen LogP contribution >= 0.6 is 11.6 Å². The minimum atomic E-state index is -0.868. The van der Waals surface area contributed by atoms with Crippen molar-refractivity contribution < 1.29 is 9.90 Å². The number of aromatic nitrogens is 5. The smallest absolute Gasteiger partial charge is 0.308 e. The number of hydrogen-bond acceptors (Lipinski definition) is 4. The molecule has 0 unspecified atom stereocenters. The molecule has 0 aliphatic rings. The summed E-state index contributed by atoms with van der Waals surface area (Å²) in [6, 6.07) is 3.49. The molecule has 0 fully saturated rings. The summed E-state index contributed by atoms with van der Waals surface area (Å²) in [4.78, 5) is 27.9. The molecule has 2 atom stereocenters. The summed E-state index contributed by atoms with van der Waals surface area (Å²) in [6.45, 7) is 3.51. The lowest BCUT2D eigenvalue weighted by Crippen LogP contribution is -2.21. The predicted molar refractivity (Wildman–Crippen MR) is 99.1 cm³/mol. The van der Waals surface area contributed by atoms with Crippen molar-refractivity contribution in [2.24, 2.45) is 5.92 Å². The van der Waals surface area contributed by atoms with Crippen molar-refractivity contribution in [1.82, 2.24) is 24.5 Å². The van der Waals surface area contributed by atoms with Crippen molar-refractivity contribution in [2.75, 3.05) is 0 Å². The van der Waals surface area contributed by atoms with Crippen molar-refractivity contribution in [3.63, 3.8) is 0 Å². The second kappa shape index (κ2) is 6.10. The molecule has 0 spiro atoms. The summed E-state index contributed by atoms with van der Waals surface area (Å²) in [5.41, 5.74) is 2.20. The maximum atomic E-state index is 11.4. The third kappa shape index (κ3) is 2.52. The lowest BCUT2D eigenvalue weighted by molar-refractivity contribution is -0.142. The fourth-order valence-corrected chi connectivity index (χ4v) is 3.26. The number of fused-ring (bicyclic) bond motifs is 2. The molecule has 26 heavy (non-hydrogen) atoms. The molecule has 0 bridgehead atoms. The molecule has 0 aliphatic heterocycles. The summed E-state index contributed by atoms with van der Waals surface area (Å²) >= 11 is 6.31. The van der Waals surface area contributed by atoms with Crippen molar-refractivity contribution >= 4 is 39.6 Å². The van der Waals surface area contributed by atoms with E-state index in [1.54, 1.807) is 30.1 Å². The first kappa shape index (κ1) is 16.5. The van der Waals surface area contributed by atoms with E-state index in [1.807, 2.05) is 25.3 Å². The van der Waals surface area contributed by atoms with Gasteiger partial charge in [-0.1, -0.05) is 11.6 Å². The topological polar surface area (TPSA) is 96.7 Å². The highest BCUT2D eigenvalue weighted by Crippen LogP contribution is 2.32. The zero-order valence-corrected chi connectivity index (χ0v) is 14.9. The van der Waals surface area contributed by atoms with Crippen molar-refractivity contribution in [2.45, 2.75) is 19.9 Å². The molecule has 4 aromatic rings. The second-order valence-corrected chi connectivity index (χ2v) is 6.69. The number of carboxylic acids is 1. The minimum absolute atomic E-state index is 0.310. The monoisotopic (exact) mass is 369 g/mol. The van der Waals surface area contributed by atoms with Crippen LogP contribution in [0, 0.1) is 5.92 Å². The van der Waals surface area contributed by atoms with Gasteiger partial charge in [-0.3, -0.25) is 4.79 Å². The number of pyridine rings is 1. The number of rotatable bonds is 4. The number of nitrogens with one attached hydrogen (secondary N) is 1. The summed E-state index contributed by atoms with van der Waals surface area (Å²) in [5.74, 6) is -0.923. The number of carboxylic acid groups (broad SMARTS) is 1. The molecule has 4 aromatic heterocycles. The van der Waals surface area contributed by atoms with E-state index in [2.05, 4.69) is 19.9 Å². The van der Waals surface area contributed by atoms with Gasteiger partial charge in [-0.15, -0.1) is 0 Å². The van der Waals surface area contributed by atoms with Crippen molar-refractivity contribution in [3.05, 3.63) is 41.9 Å². The lowest BCUT2D eigenvalue weighted by Gasteiger charge is -2.18. The standard InChI is InChI=1S/C18H16ClN5O2/c1-9(18(25)26)10(2)24-8-14(19)13-7-22-16(23-17(13)24)12-6-21-15-11(12)4-3-5-20-15/h3-10H,1-2H3,(H,20,21)(H,25,26)/t9-,10-/m0/s1. The number of aliphatic carboxylic acids is 1. The first-order valence-electron chi connectivity index (χ1n) is 8.15. The molecule has 132 valence electrons. The first-order valence-corrected chi connectivity index (χ1v) is 8.53. The number of aromatic amines is 1. The van der Waals surface area contributed by atoms with Crippen LogP contribution in [0.2, 0.25) is 5.02 Å². The van der Waals surface area contributed by atoms with Crippen LogP contribution in [-0.4, -0.2) is 35.6 Å². The SMILES string of the molecule is C[C@H](C(=O)O)[C@H](C)n1cc(Cl)c2cnc(-c3c[nH]c4ncccc34)nc21. The van der Waals surface area contributed by atoms with Crippen LogP contribution in [0.3, 0.4) is 0 Å². The maximum Gasteiger partial charge on any atom is 0.308 e. The molecule has 0 amide bonds. The third-order valence-electron chi connectivity index (χ3n) is 4.77. The van der Waals surface area contributed by atoms with Gasteiger partial charge in [0.2, 0.25) is 0 Å². The Hall–Kier alpha value is -2.93. The van der Waals surface area contributed by atoms with Crippen LogP contribution in [0.4, 0.5) is 0 Å². The van der Waals surface area contributed by atoms with E-state index in [0.29, 0.717) is 21.9 Å². The Kier molecular flexibility index (Phi) is 3.88. The Morgan fingerprint density at radius 1 is 1.31 bits per heavy atom. The van der Waals surface area contributed by atoms with Gasteiger partial charge in [0.1, 0.15) is 11.3 Å². The Bertz CT molecular complexity index is 1130. The highest BCUT2D eigenvalue weighted by atomic mass is 35.5. The number of nitrogens with zero attached hydrogens (tertiary/aromatic N) is 4. The Morgan fingerprint density at radius 3 is 2.88 bits per heavy atom. The van der Waals surface area contributed by atoms with Gasteiger partial charge in [0.25, 0.3) is 0 Å². The third-order valence-corrected chi connectivity index (χ3v) is 5.07. The van der Waals surface area contributed by atoms with Crippen LogP contribution in [-0.2, 0) is 4.79 Å². The van der Waals surface area contributed by atoms with Gasteiger partial charge < -0.3 is 14.7 Å². The van der Waals surface area contributed by atoms with Crippen LogP contribution in [0.1, 0.15) is 19.9 Å². The quantitative estimate of drug-likeness (QED) is 0.568. The van der Waals surface area contributed by atoms with Crippen molar-refractivity contribution in [1.29, 1.82) is 0 Å². The Labute approximate surface area is 153 Å². The molecule has 7 nitrogen and oxygen atoms in total. The molecular weight excluding hydrogens is 354 g/mol. The first-order chi connectivity index (χ1) is 12.5. The second-order valence-electron chi connectivity index (χ2n) is 6.28. The zero-order chi connectivity index (χ0) is 18.4. The highest BCUT2D eigenvalue weighted by Gasteiger charge is 2.24. The number of hydrogen-bond donors (Lipinski definition) is 2. The van der Waals surface area contributed by atoms with E-state index in [9.17, 15) is 9.90 Å². The molecule has 0 aliphatic carbocycles. The molecule has 0 saturated carbocycles. The van der Waals surface area contributed by atoms with E-state index in [1.165, 1.54) is 0 Å². The van der Waals surface area contributed by atoms with Crippen molar-refractivity contribution in [3.8, 4) is 11.4 Å².